The maximum absolute atomic E-state index is 9.79. The van der Waals surface area contributed by atoms with Crippen molar-refractivity contribution in [3.8, 4) is 62.5 Å². The van der Waals surface area contributed by atoms with Crippen LogP contribution < -0.4 is 0 Å². The molecule has 0 saturated carbocycles. The van der Waals surface area contributed by atoms with Crippen LogP contribution in [0.3, 0.4) is 0 Å². The van der Waals surface area contributed by atoms with Gasteiger partial charge in [-0.1, -0.05) is 91.0 Å². The maximum Gasteiger partial charge on any atom is 0.0991 e. The molecule has 188 valence electrons. The lowest BCUT2D eigenvalue weighted by molar-refractivity contribution is 1.15. The number of nitrogens with zero attached hydrogens (tertiary/aromatic N) is 3. The third kappa shape index (κ3) is 3.31. The summed E-state index contributed by atoms with van der Waals surface area (Å²) in [6.45, 7) is 0. The van der Waals surface area contributed by atoms with Gasteiger partial charge in [0.2, 0.25) is 0 Å². The summed E-state index contributed by atoms with van der Waals surface area (Å²) >= 11 is 0. The summed E-state index contributed by atoms with van der Waals surface area (Å²) in [5, 5.41) is 23.0. The first-order valence-corrected chi connectivity index (χ1v) is 13.6. The van der Waals surface area contributed by atoms with Crippen molar-refractivity contribution < 1.29 is 0 Å². The number of hydrogen-bond donors (Lipinski definition) is 0. The topological polar surface area (TPSA) is 52.5 Å². The molecule has 0 N–H and O–H groups in total. The van der Waals surface area contributed by atoms with Gasteiger partial charge in [-0.15, -0.1) is 0 Å². The lowest BCUT2D eigenvalue weighted by Crippen LogP contribution is -1.99. The van der Waals surface area contributed by atoms with Crippen molar-refractivity contribution in [3.05, 3.63) is 139 Å². The molecule has 0 fully saturated rings. The molecule has 7 aromatic rings. The Balaban J connectivity index is 1.54. The van der Waals surface area contributed by atoms with Gasteiger partial charge in [0.25, 0.3) is 0 Å². The van der Waals surface area contributed by atoms with Crippen LogP contribution in [0.2, 0.25) is 0 Å². The first-order valence-electron chi connectivity index (χ1n) is 13.6. The second kappa shape index (κ2) is 8.82. The molecule has 0 unspecified atom stereocenters. The minimum Gasteiger partial charge on any atom is -0.308 e. The monoisotopic (exact) mass is 519 g/mol. The van der Waals surface area contributed by atoms with Crippen molar-refractivity contribution in [3.63, 3.8) is 0 Å². The van der Waals surface area contributed by atoms with Gasteiger partial charge in [-0.05, 0) is 69.6 Å². The molecule has 3 heteroatoms. The highest BCUT2D eigenvalue weighted by Crippen LogP contribution is 2.50. The number of para-hydroxylation sites is 1. The number of aromatic nitrogens is 1. The number of rotatable bonds is 3. The van der Waals surface area contributed by atoms with E-state index in [1.807, 2.05) is 36.4 Å². The molecule has 1 aliphatic carbocycles. The van der Waals surface area contributed by atoms with Crippen molar-refractivity contribution in [1.29, 1.82) is 10.5 Å². The van der Waals surface area contributed by atoms with Crippen molar-refractivity contribution in [1.82, 2.24) is 4.57 Å². The van der Waals surface area contributed by atoms with E-state index in [2.05, 4.69) is 108 Å². The van der Waals surface area contributed by atoms with Crippen LogP contribution in [0.4, 0.5) is 0 Å². The molecule has 0 aliphatic heterocycles. The van der Waals surface area contributed by atoms with Gasteiger partial charge < -0.3 is 4.57 Å². The van der Waals surface area contributed by atoms with Gasteiger partial charge in [0.1, 0.15) is 0 Å². The lowest BCUT2D eigenvalue weighted by atomic mass is 9.96. The molecule has 0 saturated heterocycles. The van der Waals surface area contributed by atoms with Crippen LogP contribution in [0.1, 0.15) is 11.1 Å². The van der Waals surface area contributed by atoms with E-state index in [9.17, 15) is 10.5 Å². The zero-order valence-corrected chi connectivity index (χ0v) is 22.0. The molecule has 0 radical (unpaired) electrons. The van der Waals surface area contributed by atoms with Crippen LogP contribution >= 0.6 is 0 Å². The van der Waals surface area contributed by atoms with Gasteiger partial charge in [-0.3, -0.25) is 0 Å². The Morgan fingerprint density at radius 2 is 1.07 bits per heavy atom. The Hall–Kier alpha value is -5.90. The largest absolute Gasteiger partial charge is 0.308 e. The zero-order valence-electron chi connectivity index (χ0n) is 22.0. The second-order valence-corrected chi connectivity index (χ2v) is 10.4. The molecular weight excluding hydrogens is 498 g/mol. The molecule has 0 bridgehead atoms. The molecule has 1 heterocycles. The minimum absolute atomic E-state index is 0.604. The number of nitriles is 2. The summed E-state index contributed by atoms with van der Waals surface area (Å²) < 4.78 is 2.34. The summed E-state index contributed by atoms with van der Waals surface area (Å²) in [5.74, 6) is 0. The van der Waals surface area contributed by atoms with E-state index in [-0.39, 0.29) is 0 Å². The van der Waals surface area contributed by atoms with E-state index < -0.39 is 0 Å². The van der Waals surface area contributed by atoms with Gasteiger partial charge in [0.15, 0.2) is 0 Å². The SMILES string of the molecule is N#Cc1cccc(-c2c(-c3cccc(C#N)c3)n(-c3ccc4c5c(cccc35)-c3ccccc3-4)c3ccccc23)c1. The van der Waals surface area contributed by atoms with Crippen LogP contribution in [0.25, 0.3) is 72.0 Å². The summed E-state index contributed by atoms with van der Waals surface area (Å²) in [4.78, 5) is 0. The third-order valence-electron chi connectivity index (χ3n) is 8.19. The van der Waals surface area contributed by atoms with Crippen LogP contribution in [0.15, 0.2) is 127 Å². The normalized spacial score (nSPS) is 11.4. The molecule has 0 amide bonds. The maximum atomic E-state index is 9.79. The summed E-state index contributed by atoms with van der Waals surface area (Å²) in [5.41, 5.74) is 12.3. The summed E-state index contributed by atoms with van der Waals surface area (Å²) in [6.07, 6.45) is 0. The van der Waals surface area contributed by atoms with E-state index in [0.717, 1.165) is 39.0 Å². The number of benzene rings is 6. The van der Waals surface area contributed by atoms with E-state index in [4.69, 9.17) is 0 Å². The van der Waals surface area contributed by atoms with Crippen molar-refractivity contribution in [2.45, 2.75) is 0 Å². The van der Waals surface area contributed by atoms with E-state index in [0.29, 0.717) is 11.1 Å². The van der Waals surface area contributed by atoms with Crippen molar-refractivity contribution in [2.24, 2.45) is 0 Å². The smallest absolute Gasteiger partial charge is 0.0991 e. The Morgan fingerprint density at radius 3 is 1.83 bits per heavy atom. The zero-order chi connectivity index (χ0) is 27.5. The van der Waals surface area contributed by atoms with Crippen LogP contribution in [-0.2, 0) is 0 Å². The quantitative estimate of drug-likeness (QED) is 0.233. The molecule has 41 heavy (non-hydrogen) atoms. The molecule has 1 aromatic heterocycles. The summed E-state index contributed by atoms with van der Waals surface area (Å²) in [7, 11) is 0. The minimum atomic E-state index is 0.604. The second-order valence-electron chi connectivity index (χ2n) is 10.4. The molecule has 3 nitrogen and oxygen atoms in total. The predicted octanol–water partition coefficient (Wildman–Crippen LogP) is 9.51. The fraction of sp³-hybridized carbons (Fsp3) is 0. The fourth-order valence-electron chi connectivity index (χ4n) is 6.52. The molecular formula is C38H21N3. The first kappa shape index (κ1) is 23.0. The average Bonchev–Trinajstić information content (AvgIpc) is 3.56. The highest BCUT2D eigenvalue weighted by Gasteiger charge is 2.26. The number of fused-ring (bicyclic) bond motifs is 4. The van der Waals surface area contributed by atoms with E-state index in [1.165, 1.54) is 33.0 Å². The molecule has 0 spiro atoms. The molecule has 6 aromatic carbocycles. The van der Waals surface area contributed by atoms with Gasteiger partial charge in [0.05, 0.1) is 40.2 Å². The Morgan fingerprint density at radius 1 is 0.488 bits per heavy atom. The van der Waals surface area contributed by atoms with Crippen molar-refractivity contribution in [2.75, 3.05) is 0 Å². The van der Waals surface area contributed by atoms with Crippen LogP contribution in [0, 0.1) is 22.7 Å². The Labute approximate surface area is 237 Å². The molecule has 1 aliphatic rings. The van der Waals surface area contributed by atoms with E-state index in [1.54, 1.807) is 0 Å². The fourth-order valence-corrected chi connectivity index (χ4v) is 6.52. The highest BCUT2D eigenvalue weighted by molar-refractivity contribution is 6.18. The predicted molar refractivity (Wildman–Crippen MR) is 166 cm³/mol. The average molecular weight is 520 g/mol. The van der Waals surface area contributed by atoms with Crippen molar-refractivity contribution >= 4 is 21.7 Å². The Kier molecular flexibility index (Phi) is 4.95. The first-order chi connectivity index (χ1) is 20.3. The van der Waals surface area contributed by atoms with Gasteiger partial charge in [-0.25, -0.2) is 0 Å². The molecule has 8 rings (SSSR count). The number of hydrogen-bond acceptors (Lipinski definition) is 2. The third-order valence-corrected chi connectivity index (χ3v) is 8.19. The standard InChI is InChI=1S/C38H21N3/c39-22-24-8-5-10-26(20-24)36-32-14-3-4-17-34(32)41(38(36)27-11-6-9-25(21-27)23-40)35-19-18-31-29-13-2-1-12-28(29)30-15-7-16-33(35)37(30)31/h1-21H. The van der Waals surface area contributed by atoms with Crippen LogP contribution in [0.5, 0.6) is 0 Å². The lowest BCUT2D eigenvalue weighted by Gasteiger charge is -2.17. The summed E-state index contributed by atoms with van der Waals surface area (Å²) in [6, 6.07) is 48.3. The van der Waals surface area contributed by atoms with Gasteiger partial charge in [0, 0.05) is 21.9 Å². The highest BCUT2D eigenvalue weighted by atomic mass is 15.0. The molecule has 0 atom stereocenters. The van der Waals surface area contributed by atoms with Crippen LogP contribution in [-0.4, -0.2) is 4.57 Å². The van der Waals surface area contributed by atoms with E-state index >= 15 is 0 Å². The Bertz CT molecular complexity index is 2260. The van der Waals surface area contributed by atoms with Gasteiger partial charge >= 0.3 is 0 Å². The van der Waals surface area contributed by atoms with Gasteiger partial charge in [-0.2, -0.15) is 10.5 Å².